The number of ketones is 2. The van der Waals surface area contributed by atoms with Crippen molar-refractivity contribution in [2.24, 2.45) is 45.3 Å². The monoisotopic (exact) mass is 449 g/mol. The highest BCUT2D eigenvalue weighted by Gasteiger charge is 2.68. The number of carbonyl (C=O) groups is 2. The van der Waals surface area contributed by atoms with Crippen molar-refractivity contribution >= 4 is 11.6 Å². The molecular formula is C29H39NO3. The van der Waals surface area contributed by atoms with Gasteiger partial charge in [-0.05, 0) is 79.1 Å². The molecule has 0 aliphatic heterocycles. The molecular weight excluding hydrogens is 410 g/mol. The van der Waals surface area contributed by atoms with Crippen LogP contribution in [0.5, 0.6) is 0 Å². The molecule has 33 heavy (non-hydrogen) atoms. The molecule has 0 aromatic carbocycles. The van der Waals surface area contributed by atoms with Crippen LogP contribution < -0.4 is 0 Å². The van der Waals surface area contributed by atoms with Crippen LogP contribution in [0.15, 0.2) is 23.3 Å². The van der Waals surface area contributed by atoms with Gasteiger partial charge in [0, 0.05) is 17.3 Å². The molecule has 0 aromatic heterocycles. The van der Waals surface area contributed by atoms with Crippen molar-refractivity contribution in [3.8, 4) is 6.07 Å². The zero-order valence-corrected chi connectivity index (χ0v) is 21.1. The summed E-state index contributed by atoms with van der Waals surface area (Å²) >= 11 is 0. The standard InChI is InChI=1S/C29H39NO3/c1-17-19-7-8-27(5)22(26(19,4)14-18(16-30)24(17)32)13-21(31)23-20-15-25(2,3)9-11-29(20,33)12-10-28(23,27)6/h13-14,17,19-20,23,33H,7-12,15H2,1-6H3/t17-,19-,20+,23?,26-,27+,28+,29-/m0/s1. The first-order valence-electron chi connectivity index (χ1n) is 12.9. The Kier molecular flexibility index (Phi) is 4.67. The van der Waals surface area contributed by atoms with Gasteiger partial charge in [0.2, 0.25) is 0 Å². The first kappa shape index (κ1) is 23.0. The molecule has 0 saturated heterocycles. The largest absolute Gasteiger partial charge is 0.390 e. The van der Waals surface area contributed by atoms with E-state index in [1.165, 1.54) is 0 Å². The Labute approximate surface area is 198 Å². The SMILES string of the molecule is C[C@@H]1C(=O)C(C#N)=C[C@]2(C)C3=CC(=O)C4[C@H]5CC(C)(C)CC[C@]5(O)CC[C@@]4(C)[C@]3(C)CC[C@@H]12. The quantitative estimate of drug-likeness (QED) is 0.525. The zero-order valence-electron chi connectivity index (χ0n) is 21.1. The fraction of sp³-hybridized carbons (Fsp3) is 0.759. The van der Waals surface area contributed by atoms with Crippen LogP contribution in [0.4, 0.5) is 0 Å². The van der Waals surface area contributed by atoms with Crippen LogP contribution in [0.25, 0.3) is 0 Å². The highest BCUT2D eigenvalue weighted by molar-refractivity contribution is 6.02. The maximum absolute atomic E-state index is 14.0. The van der Waals surface area contributed by atoms with E-state index in [0.717, 1.165) is 50.5 Å². The number of carbonyl (C=O) groups excluding carboxylic acids is 2. The normalized spacial score (nSPS) is 50.6. The molecule has 4 nitrogen and oxygen atoms in total. The second kappa shape index (κ2) is 6.69. The smallest absolute Gasteiger partial charge is 0.176 e. The van der Waals surface area contributed by atoms with E-state index in [-0.39, 0.29) is 57.1 Å². The summed E-state index contributed by atoms with van der Waals surface area (Å²) in [6.07, 6.45) is 9.93. The Bertz CT molecular complexity index is 1050. The van der Waals surface area contributed by atoms with Gasteiger partial charge >= 0.3 is 0 Å². The molecule has 0 spiro atoms. The first-order chi connectivity index (χ1) is 15.2. The number of fused-ring (bicyclic) bond motifs is 7. The number of hydrogen-bond acceptors (Lipinski definition) is 4. The molecule has 0 bridgehead atoms. The van der Waals surface area contributed by atoms with Gasteiger partial charge in [0.15, 0.2) is 11.6 Å². The predicted molar refractivity (Wildman–Crippen MR) is 127 cm³/mol. The lowest BCUT2D eigenvalue weighted by molar-refractivity contribution is -0.194. The average molecular weight is 450 g/mol. The van der Waals surface area contributed by atoms with Crippen LogP contribution in [0, 0.1) is 56.7 Å². The van der Waals surface area contributed by atoms with Crippen LogP contribution in [-0.2, 0) is 9.59 Å². The van der Waals surface area contributed by atoms with E-state index in [4.69, 9.17) is 0 Å². The van der Waals surface area contributed by atoms with Gasteiger partial charge in [-0.3, -0.25) is 9.59 Å². The lowest BCUT2D eigenvalue weighted by Crippen LogP contribution is -2.65. The molecule has 178 valence electrons. The van der Waals surface area contributed by atoms with Crippen molar-refractivity contribution in [2.75, 3.05) is 0 Å². The summed E-state index contributed by atoms with van der Waals surface area (Å²) in [6.45, 7) is 13.3. The summed E-state index contributed by atoms with van der Waals surface area (Å²) in [4.78, 5) is 26.8. The van der Waals surface area contributed by atoms with E-state index in [0.29, 0.717) is 0 Å². The molecule has 0 amide bonds. The summed E-state index contributed by atoms with van der Waals surface area (Å²) < 4.78 is 0. The summed E-state index contributed by atoms with van der Waals surface area (Å²) in [7, 11) is 0. The molecule has 5 aliphatic rings. The predicted octanol–water partition coefficient (Wildman–Crippen LogP) is 5.56. The van der Waals surface area contributed by atoms with E-state index in [2.05, 4.69) is 40.7 Å². The van der Waals surface area contributed by atoms with E-state index < -0.39 is 11.0 Å². The van der Waals surface area contributed by atoms with Crippen LogP contribution in [-0.4, -0.2) is 22.3 Å². The number of Topliss-reactive ketones (excluding diaryl/α,β-unsaturated/α-hetero) is 1. The number of nitriles is 1. The Morgan fingerprint density at radius 3 is 2.33 bits per heavy atom. The lowest BCUT2D eigenvalue weighted by atomic mass is 9.36. The highest BCUT2D eigenvalue weighted by atomic mass is 16.3. The van der Waals surface area contributed by atoms with Crippen molar-refractivity contribution in [3.63, 3.8) is 0 Å². The molecule has 3 saturated carbocycles. The molecule has 0 radical (unpaired) electrons. The summed E-state index contributed by atoms with van der Waals surface area (Å²) in [5.41, 5.74) is -0.130. The topological polar surface area (TPSA) is 78.2 Å². The van der Waals surface area contributed by atoms with E-state index in [9.17, 15) is 20.0 Å². The lowest BCUT2D eigenvalue weighted by Gasteiger charge is -2.68. The summed E-state index contributed by atoms with van der Waals surface area (Å²) in [5.74, 6) is -0.178. The second-order valence-electron chi connectivity index (χ2n) is 13.5. The number of nitrogens with zero attached hydrogens (tertiary/aromatic N) is 1. The van der Waals surface area contributed by atoms with Crippen LogP contribution in [0.3, 0.4) is 0 Å². The second-order valence-corrected chi connectivity index (χ2v) is 13.5. The maximum Gasteiger partial charge on any atom is 0.176 e. The molecule has 1 unspecified atom stereocenters. The summed E-state index contributed by atoms with van der Waals surface area (Å²) in [6, 6.07) is 2.14. The van der Waals surface area contributed by atoms with Crippen molar-refractivity contribution in [1.29, 1.82) is 5.26 Å². The third-order valence-corrected chi connectivity index (χ3v) is 11.5. The van der Waals surface area contributed by atoms with Crippen molar-refractivity contribution in [2.45, 2.75) is 92.1 Å². The molecule has 5 aliphatic carbocycles. The fourth-order valence-electron chi connectivity index (χ4n) is 9.23. The van der Waals surface area contributed by atoms with Gasteiger partial charge in [0.1, 0.15) is 6.07 Å². The van der Waals surface area contributed by atoms with E-state index in [1.54, 1.807) is 0 Å². The van der Waals surface area contributed by atoms with Gasteiger partial charge in [-0.2, -0.15) is 5.26 Å². The van der Waals surface area contributed by atoms with Gasteiger partial charge < -0.3 is 5.11 Å². The molecule has 1 N–H and O–H groups in total. The van der Waals surface area contributed by atoms with Gasteiger partial charge in [-0.15, -0.1) is 0 Å². The van der Waals surface area contributed by atoms with Gasteiger partial charge in [-0.1, -0.05) is 53.2 Å². The van der Waals surface area contributed by atoms with E-state index >= 15 is 0 Å². The third-order valence-electron chi connectivity index (χ3n) is 11.5. The van der Waals surface area contributed by atoms with Gasteiger partial charge in [-0.25, -0.2) is 0 Å². The molecule has 0 aromatic rings. The van der Waals surface area contributed by atoms with Crippen molar-refractivity contribution in [1.82, 2.24) is 0 Å². The molecule has 3 fully saturated rings. The Morgan fingerprint density at radius 2 is 1.67 bits per heavy atom. The number of aliphatic hydroxyl groups is 1. The number of rotatable bonds is 0. The molecule has 0 heterocycles. The molecule has 8 atom stereocenters. The van der Waals surface area contributed by atoms with Crippen LogP contribution >= 0.6 is 0 Å². The highest BCUT2D eigenvalue weighted by Crippen LogP contribution is 2.72. The van der Waals surface area contributed by atoms with Crippen molar-refractivity contribution < 1.29 is 14.7 Å². The van der Waals surface area contributed by atoms with Gasteiger partial charge in [0.05, 0.1) is 11.2 Å². The van der Waals surface area contributed by atoms with Crippen LogP contribution in [0.1, 0.15) is 86.5 Å². The van der Waals surface area contributed by atoms with Crippen LogP contribution in [0.2, 0.25) is 0 Å². The zero-order chi connectivity index (χ0) is 24.2. The Morgan fingerprint density at radius 1 is 1.00 bits per heavy atom. The number of hydrogen-bond donors (Lipinski definition) is 1. The average Bonchev–Trinajstić information content (AvgIpc) is 2.74. The molecule has 5 rings (SSSR count). The minimum Gasteiger partial charge on any atom is -0.390 e. The van der Waals surface area contributed by atoms with Gasteiger partial charge in [0.25, 0.3) is 0 Å². The molecule has 4 heteroatoms. The first-order valence-corrected chi connectivity index (χ1v) is 12.9. The van der Waals surface area contributed by atoms with Crippen molar-refractivity contribution in [3.05, 3.63) is 23.3 Å². The minimum absolute atomic E-state index is 0.00952. The number of allylic oxidation sites excluding steroid dienone is 4. The van der Waals surface area contributed by atoms with E-state index in [1.807, 2.05) is 19.1 Å². The minimum atomic E-state index is -0.738. The Balaban J connectivity index is 1.68. The Hall–Kier alpha value is -1.73. The maximum atomic E-state index is 14.0. The fourth-order valence-corrected chi connectivity index (χ4v) is 9.23. The third kappa shape index (κ3) is 2.78. The summed E-state index contributed by atoms with van der Waals surface area (Å²) in [5, 5.41) is 21.4.